The van der Waals surface area contributed by atoms with E-state index in [1.165, 1.54) is 50.6 Å². The number of hydrogen-bond donors (Lipinski definition) is 0. The van der Waals surface area contributed by atoms with Crippen LogP contribution in [-0.4, -0.2) is 23.8 Å². The molecule has 1 atom stereocenters. The molecule has 2 heteroatoms. The highest BCUT2D eigenvalue weighted by Crippen LogP contribution is 2.27. The minimum atomic E-state index is 0.630. The maximum atomic E-state index is 4.41. The second-order valence-electron chi connectivity index (χ2n) is 5.36. The van der Waals surface area contributed by atoms with Gasteiger partial charge in [0.2, 0.25) is 0 Å². The predicted molar refractivity (Wildman–Crippen MR) is 69.6 cm³/mol. The molecule has 0 amide bonds. The van der Waals surface area contributed by atoms with Crippen LogP contribution >= 0.6 is 0 Å². The molecule has 0 aromatic rings. The van der Waals surface area contributed by atoms with Crippen molar-refractivity contribution in [1.29, 1.82) is 0 Å². The molecular formula is C14H24N2. The van der Waals surface area contributed by atoms with Gasteiger partial charge in [0, 0.05) is 12.7 Å². The van der Waals surface area contributed by atoms with Crippen LogP contribution in [0.5, 0.6) is 0 Å². The molecule has 16 heavy (non-hydrogen) atoms. The van der Waals surface area contributed by atoms with E-state index in [4.69, 9.17) is 0 Å². The Bertz CT molecular complexity index is 278. The zero-order valence-electron chi connectivity index (χ0n) is 10.7. The molecule has 2 heterocycles. The molecule has 0 radical (unpaired) electrons. The summed E-state index contributed by atoms with van der Waals surface area (Å²) in [5.41, 5.74) is 1.53. The summed E-state index contributed by atoms with van der Waals surface area (Å²) in [4.78, 5) is 6.88. The van der Waals surface area contributed by atoms with E-state index in [9.17, 15) is 0 Å². The predicted octanol–water partition coefficient (Wildman–Crippen LogP) is 3.59. The molecule has 0 aliphatic carbocycles. The van der Waals surface area contributed by atoms with Crippen molar-refractivity contribution in [3.8, 4) is 0 Å². The fourth-order valence-electron chi connectivity index (χ4n) is 2.81. The van der Waals surface area contributed by atoms with Gasteiger partial charge in [-0.1, -0.05) is 39.5 Å². The van der Waals surface area contributed by atoms with Crippen LogP contribution in [0.15, 0.2) is 16.8 Å². The molecule has 0 aromatic carbocycles. The van der Waals surface area contributed by atoms with Crippen LogP contribution in [0, 0.1) is 5.92 Å². The SMILES string of the molecule is CC(C)C1=CN=CN2CCCCCCCC12. The molecule has 0 bridgehead atoms. The summed E-state index contributed by atoms with van der Waals surface area (Å²) in [6.45, 7) is 5.77. The lowest BCUT2D eigenvalue weighted by Gasteiger charge is -2.35. The van der Waals surface area contributed by atoms with E-state index in [0.717, 1.165) is 0 Å². The number of rotatable bonds is 1. The second kappa shape index (κ2) is 5.51. The number of nitrogens with zero attached hydrogens (tertiary/aromatic N) is 2. The first kappa shape index (κ1) is 11.7. The normalized spacial score (nSPS) is 26.8. The maximum Gasteiger partial charge on any atom is 0.0909 e. The van der Waals surface area contributed by atoms with Gasteiger partial charge >= 0.3 is 0 Å². The summed E-state index contributed by atoms with van der Waals surface area (Å²) in [7, 11) is 0. The molecule has 2 aliphatic heterocycles. The van der Waals surface area contributed by atoms with Crippen LogP contribution < -0.4 is 0 Å². The molecule has 2 aliphatic rings. The van der Waals surface area contributed by atoms with Crippen LogP contribution in [0.4, 0.5) is 0 Å². The highest BCUT2D eigenvalue weighted by Gasteiger charge is 2.24. The minimum absolute atomic E-state index is 0.630. The minimum Gasteiger partial charge on any atom is -0.356 e. The van der Waals surface area contributed by atoms with Gasteiger partial charge in [0.1, 0.15) is 0 Å². The van der Waals surface area contributed by atoms with E-state index < -0.39 is 0 Å². The Kier molecular flexibility index (Phi) is 4.03. The van der Waals surface area contributed by atoms with Crippen LogP contribution in [0.25, 0.3) is 0 Å². The largest absolute Gasteiger partial charge is 0.356 e. The molecule has 0 aromatic heterocycles. The number of fused-ring (bicyclic) bond motifs is 1. The van der Waals surface area contributed by atoms with Crippen molar-refractivity contribution >= 4 is 6.34 Å². The van der Waals surface area contributed by atoms with Gasteiger partial charge in [-0.15, -0.1) is 0 Å². The molecule has 0 spiro atoms. The topological polar surface area (TPSA) is 15.6 Å². The van der Waals surface area contributed by atoms with Crippen LogP contribution in [0.2, 0.25) is 0 Å². The van der Waals surface area contributed by atoms with E-state index in [0.29, 0.717) is 12.0 Å². The molecule has 2 rings (SSSR count). The Morgan fingerprint density at radius 2 is 1.94 bits per heavy atom. The molecule has 2 nitrogen and oxygen atoms in total. The van der Waals surface area contributed by atoms with Crippen LogP contribution in [-0.2, 0) is 0 Å². The number of hydrogen-bond acceptors (Lipinski definition) is 2. The van der Waals surface area contributed by atoms with Gasteiger partial charge in [0.15, 0.2) is 0 Å². The fourth-order valence-corrected chi connectivity index (χ4v) is 2.81. The van der Waals surface area contributed by atoms with Gasteiger partial charge in [-0.2, -0.15) is 0 Å². The standard InChI is InChI=1S/C14H24N2/c1-12(2)13-10-15-11-16-9-7-5-3-4-6-8-14(13)16/h10-12,14H,3-9H2,1-2H3. The lowest BCUT2D eigenvalue weighted by molar-refractivity contribution is 0.315. The Hall–Kier alpha value is -0.790. The van der Waals surface area contributed by atoms with E-state index in [2.05, 4.69) is 36.3 Å². The average Bonchev–Trinajstić information content (AvgIpc) is 2.39. The molecule has 0 saturated carbocycles. The Labute approximate surface area is 99.4 Å². The Morgan fingerprint density at radius 1 is 1.19 bits per heavy atom. The molecule has 90 valence electrons. The summed E-state index contributed by atoms with van der Waals surface area (Å²) in [6, 6.07) is 0.635. The maximum absolute atomic E-state index is 4.41. The van der Waals surface area contributed by atoms with Crippen LogP contribution in [0.1, 0.15) is 52.4 Å². The Balaban J connectivity index is 2.11. The lowest BCUT2D eigenvalue weighted by Crippen LogP contribution is -2.39. The fraction of sp³-hybridized carbons (Fsp3) is 0.786. The van der Waals surface area contributed by atoms with Crippen molar-refractivity contribution in [2.75, 3.05) is 6.54 Å². The van der Waals surface area contributed by atoms with E-state index in [-0.39, 0.29) is 0 Å². The first-order valence-corrected chi connectivity index (χ1v) is 6.78. The highest BCUT2D eigenvalue weighted by atomic mass is 15.2. The molecule has 1 saturated heterocycles. The third-order valence-corrected chi connectivity index (χ3v) is 3.78. The summed E-state index contributed by atoms with van der Waals surface area (Å²) in [5.74, 6) is 0.630. The molecule has 0 N–H and O–H groups in total. The lowest BCUT2D eigenvalue weighted by atomic mass is 9.91. The zero-order valence-corrected chi connectivity index (χ0v) is 10.7. The summed E-state index contributed by atoms with van der Waals surface area (Å²) in [5, 5.41) is 0. The zero-order chi connectivity index (χ0) is 11.4. The van der Waals surface area contributed by atoms with Gasteiger partial charge in [0.05, 0.1) is 12.4 Å². The van der Waals surface area contributed by atoms with Crippen molar-refractivity contribution in [3.05, 3.63) is 11.8 Å². The summed E-state index contributed by atoms with van der Waals surface area (Å²) >= 11 is 0. The number of aliphatic imine (C=N–C) groups is 1. The van der Waals surface area contributed by atoms with E-state index >= 15 is 0 Å². The van der Waals surface area contributed by atoms with Gasteiger partial charge in [0.25, 0.3) is 0 Å². The van der Waals surface area contributed by atoms with Crippen molar-refractivity contribution in [3.63, 3.8) is 0 Å². The monoisotopic (exact) mass is 220 g/mol. The van der Waals surface area contributed by atoms with E-state index in [1.54, 1.807) is 0 Å². The highest BCUT2D eigenvalue weighted by molar-refractivity contribution is 5.59. The quantitative estimate of drug-likeness (QED) is 0.659. The average molecular weight is 220 g/mol. The van der Waals surface area contributed by atoms with Crippen molar-refractivity contribution < 1.29 is 0 Å². The van der Waals surface area contributed by atoms with Gasteiger partial charge < -0.3 is 4.90 Å². The summed E-state index contributed by atoms with van der Waals surface area (Å²) < 4.78 is 0. The Morgan fingerprint density at radius 3 is 2.75 bits per heavy atom. The van der Waals surface area contributed by atoms with Crippen molar-refractivity contribution in [1.82, 2.24) is 4.90 Å². The molecule has 1 unspecified atom stereocenters. The van der Waals surface area contributed by atoms with Gasteiger partial charge in [-0.05, 0) is 24.3 Å². The van der Waals surface area contributed by atoms with Gasteiger partial charge in [-0.25, -0.2) is 4.99 Å². The van der Waals surface area contributed by atoms with Crippen molar-refractivity contribution in [2.24, 2.45) is 10.9 Å². The van der Waals surface area contributed by atoms with Crippen LogP contribution in [0.3, 0.4) is 0 Å². The van der Waals surface area contributed by atoms with E-state index in [1.807, 2.05) is 0 Å². The third-order valence-electron chi connectivity index (χ3n) is 3.78. The molecular weight excluding hydrogens is 196 g/mol. The van der Waals surface area contributed by atoms with Gasteiger partial charge in [-0.3, -0.25) is 0 Å². The summed E-state index contributed by atoms with van der Waals surface area (Å²) in [6.07, 6.45) is 12.4. The third kappa shape index (κ3) is 2.66. The second-order valence-corrected chi connectivity index (χ2v) is 5.36. The smallest absolute Gasteiger partial charge is 0.0909 e. The molecule has 1 fully saturated rings. The first-order valence-electron chi connectivity index (χ1n) is 6.78. The first-order chi connectivity index (χ1) is 7.79. The van der Waals surface area contributed by atoms with Crippen molar-refractivity contribution in [2.45, 2.75) is 58.4 Å².